The number of nitrogens with one attached hydrogen (secondary N) is 2. The molecule has 0 spiro atoms. The molecule has 88 valence electrons. The second-order valence-electron chi connectivity index (χ2n) is 3.27. The molecule has 7 nitrogen and oxygen atoms in total. The van der Waals surface area contributed by atoms with Gasteiger partial charge >= 0.3 is 0 Å². The van der Waals surface area contributed by atoms with Gasteiger partial charge in [-0.1, -0.05) is 11.6 Å². The Bertz CT molecular complexity index is 502. The molecule has 0 aliphatic carbocycles. The molecule has 0 saturated carbocycles. The Morgan fingerprint density at radius 2 is 2.24 bits per heavy atom. The number of hydrazone groups is 1. The summed E-state index contributed by atoms with van der Waals surface area (Å²) in [4.78, 5) is 30.0. The van der Waals surface area contributed by atoms with Crippen LogP contribution in [0, 0.1) is 0 Å². The quantitative estimate of drug-likeness (QED) is 0.743. The summed E-state index contributed by atoms with van der Waals surface area (Å²) in [6.45, 7) is 0. The third-order valence-electron chi connectivity index (χ3n) is 2.04. The highest BCUT2D eigenvalue weighted by atomic mass is 35.5. The van der Waals surface area contributed by atoms with E-state index >= 15 is 0 Å². The minimum absolute atomic E-state index is 0.202. The molecule has 0 radical (unpaired) electrons. The smallest absolute Gasteiger partial charge is 0.273 e. The first kappa shape index (κ1) is 11.5. The van der Waals surface area contributed by atoms with Crippen molar-refractivity contribution in [2.45, 2.75) is 12.8 Å². The van der Waals surface area contributed by atoms with E-state index in [-0.39, 0.29) is 29.0 Å². The summed E-state index contributed by atoms with van der Waals surface area (Å²) in [5.74, 6) is -0.332. The van der Waals surface area contributed by atoms with Gasteiger partial charge in [-0.3, -0.25) is 9.59 Å². The van der Waals surface area contributed by atoms with E-state index in [1.165, 1.54) is 12.4 Å². The normalized spacial score (nSPS) is 14.9. The molecule has 2 rings (SSSR count). The van der Waals surface area contributed by atoms with Crippen molar-refractivity contribution < 1.29 is 9.59 Å². The second-order valence-corrected chi connectivity index (χ2v) is 3.66. The first-order valence-electron chi connectivity index (χ1n) is 4.79. The van der Waals surface area contributed by atoms with Gasteiger partial charge < -0.3 is 5.32 Å². The number of anilines is 1. The van der Waals surface area contributed by atoms with Crippen LogP contribution in [-0.2, 0) is 9.59 Å². The van der Waals surface area contributed by atoms with Crippen molar-refractivity contribution in [3.05, 3.63) is 17.5 Å². The van der Waals surface area contributed by atoms with Crippen molar-refractivity contribution in [2.24, 2.45) is 5.10 Å². The number of amides is 2. The fourth-order valence-corrected chi connectivity index (χ4v) is 1.38. The Morgan fingerprint density at radius 1 is 1.41 bits per heavy atom. The maximum Gasteiger partial charge on any atom is 0.273 e. The maximum absolute atomic E-state index is 11.7. The van der Waals surface area contributed by atoms with E-state index in [1.807, 2.05) is 0 Å². The van der Waals surface area contributed by atoms with E-state index in [0.717, 1.165) is 0 Å². The van der Waals surface area contributed by atoms with Crippen molar-refractivity contribution in [1.82, 2.24) is 15.4 Å². The lowest BCUT2D eigenvalue weighted by Crippen LogP contribution is -2.32. The zero-order valence-corrected chi connectivity index (χ0v) is 9.36. The van der Waals surface area contributed by atoms with Gasteiger partial charge in [-0.05, 0) is 0 Å². The van der Waals surface area contributed by atoms with E-state index in [9.17, 15) is 9.59 Å². The average Bonchev–Trinajstić information content (AvgIpc) is 2.29. The highest BCUT2D eigenvalue weighted by Gasteiger charge is 2.18. The van der Waals surface area contributed by atoms with Crippen LogP contribution in [0.2, 0.25) is 5.15 Å². The largest absolute Gasteiger partial charge is 0.305 e. The maximum atomic E-state index is 11.7. The zero-order valence-electron chi connectivity index (χ0n) is 8.61. The fraction of sp³-hybridized carbons (Fsp3) is 0.222. The molecule has 1 aromatic rings. The molecule has 1 aliphatic rings. The van der Waals surface area contributed by atoms with E-state index in [4.69, 9.17) is 11.6 Å². The second kappa shape index (κ2) is 4.88. The van der Waals surface area contributed by atoms with Gasteiger partial charge in [0.25, 0.3) is 5.91 Å². The molecule has 0 unspecified atom stereocenters. The number of carbonyl (C=O) groups is 2. The molecular formula is C9H8ClN5O2. The monoisotopic (exact) mass is 253 g/mol. The lowest BCUT2D eigenvalue weighted by atomic mass is 10.1. The third-order valence-corrected chi connectivity index (χ3v) is 2.25. The van der Waals surface area contributed by atoms with E-state index in [1.54, 1.807) is 0 Å². The predicted molar refractivity (Wildman–Crippen MR) is 60.5 cm³/mol. The molecule has 2 amide bonds. The van der Waals surface area contributed by atoms with E-state index in [2.05, 4.69) is 25.8 Å². The molecule has 0 atom stereocenters. The number of hydrogen-bond donors (Lipinski definition) is 2. The molecule has 17 heavy (non-hydrogen) atoms. The van der Waals surface area contributed by atoms with Crippen molar-refractivity contribution in [3.8, 4) is 0 Å². The number of carbonyl (C=O) groups excluding carboxylic acids is 2. The van der Waals surface area contributed by atoms with E-state index < -0.39 is 5.91 Å². The topological polar surface area (TPSA) is 96.3 Å². The Labute approximate surface area is 101 Å². The predicted octanol–water partition coefficient (Wildman–Crippen LogP) is 0.334. The summed E-state index contributed by atoms with van der Waals surface area (Å²) in [6, 6.07) is 1.42. The number of nitrogens with zero attached hydrogens (tertiary/aromatic N) is 3. The summed E-state index contributed by atoms with van der Waals surface area (Å²) in [6.07, 6.45) is 1.79. The van der Waals surface area contributed by atoms with Gasteiger partial charge in [0.05, 0.1) is 0 Å². The highest BCUT2D eigenvalue weighted by Crippen LogP contribution is 2.09. The van der Waals surface area contributed by atoms with Gasteiger partial charge in [0.2, 0.25) is 5.91 Å². The molecule has 2 N–H and O–H groups in total. The van der Waals surface area contributed by atoms with Crippen LogP contribution in [0.25, 0.3) is 0 Å². The number of hydrogen-bond acceptors (Lipinski definition) is 5. The summed E-state index contributed by atoms with van der Waals surface area (Å²) in [7, 11) is 0. The molecule has 0 saturated heterocycles. The first-order valence-corrected chi connectivity index (χ1v) is 5.17. The Kier molecular flexibility index (Phi) is 3.29. The summed E-state index contributed by atoms with van der Waals surface area (Å²) < 4.78 is 0. The van der Waals surface area contributed by atoms with Crippen LogP contribution in [-0.4, -0.2) is 27.5 Å². The van der Waals surface area contributed by atoms with Crippen LogP contribution < -0.4 is 10.7 Å². The number of halogens is 1. The summed E-state index contributed by atoms with van der Waals surface area (Å²) >= 11 is 5.64. The van der Waals surface area contributed by atoms with Gasteiger partial charge in [-0.15, -0.1) is 0 Å². The molecule has 1 aromatic heterocycles. The number of aromatic nitrogens is 2. The Morgan fingerprint density at radius 3 is 2.88 bits per heavy atom. The first-order chi connectivity index (χ1) is 8.15. The zero-order chi connectivity index (χ0) is 12.3. The number of rotatable bonds is 2. The fourth-order valence-electron chi connectivity index (χ4n) is 1.23. The van der Waals surface area contributed by atoms with Gasteiger partial charge in [0, 0.05) is 18.9 Å². The van der Waals surface area contributed by atoms with Crippen molar-refractivity contribution >= 4 is 34.9 Å². The van der Waals surface area contributed by atoms with Crippen LogP contribution in [0.5, 0.6) is 0 Å². The molecule has 0 bridgehead atoms. The van der Waals surface area contributed by atoms with Crippen molar-refractivity contribution in [3.63, 3.8) is 0 Å². The molecule has 1 aliphatic heterocycles. The SMILES string of the molecule is O=C1CCC(C(=O)Nc2cc(Cl)ncn2)=NN1. The molecular weight excluding hydrogens is 246 g/mol. The lowest BCUT2D eigenvalue weighted by molar-refractivity contribution is -0.121. The molecule has 0 aromatic carbocycles. The Hall–Kier alpha value is -2.02. The van der Waals surface area contributed by atoms with Gasteiger partial charge in [0.15, 0.2) is 0 Å². The third kappa shape index (κ3) is 2.97. The van der Waals surface area contributed by atoms with Gasteiger partial charge in [-0.25, -0.2) is 15.4 Å². The van der Waals surface area contributed by atoms with Gasteiger partial charge in [-0.2, -0.15) is 5.10 Å². The summed E-state index contributed by atoms with van der Waals surface area (Å²) in [5.41, 5.74) is 2.49. The average molecular weight is 254 g/mol. The van der Waals surface area contributed by atoms with Crippen LogP contribution in [0.3, 0.4) is 0 Å². The van der Waals surface area contributed by atoms with Crippen LogP contribution >= 0.6 is 11.6 Å². The molecule has 0 fully saturated rings. The van der Waals surface area contributed by atoms with Crippen LogP contribution in [0.1, 0.15) is 12.8 Å². The van der Waals surface area contributed by atoms with Crippen molar-refractivity contribution in [2.75, 3.05) is 5.32 Å². The van der Waals surface area contributed by atoms with E-state index in [0.29, 0.717) is 6.42 Å². The van der Waals surface area contributed by atoms with Crippen LogP contribution in [0.4, 0.5) is 5.82 Å². The minimum Gasteiger partial charge on any atom is -0.305 e. The lowest BCUT2D eigenvalue weighted by Gasteiger charge is -2.11. The van der Waals surface area contributed by atoms with Gasteiger partial charge in [0.1, 0.15) is 23.0 Å². The minimum atomic E-state index is -0.417. The highest BCUT2D eigenvalue weighted by molar-refractivity contribution is 6.43. The molecule has 2 heterocycles. The van der Waals surface area contributed by atoms with Crippen molar-refractivity contribution in [1.29, 1.82) is 0 Å². The van der Waals surface area contributed by atoms with Crippen LogP contribution in [0.15, 0.2) is 17.5 Å². The Balaban J connectivity index is 2.04. The standard InChI is InChI=1S/C9H8ClN5O2/c10-6-3-7(12-4-11-6)13-9(17)5-1-2-8(16)15-14-5/h3-4H,1-2H2,(H,15,16)(H,11,12,13,17). The summed E-state index contributed by atoms with van der Waals surface area (Å²) in [5, 5.41) is 6.40. The molecule has 8 heteroatoms.